The molecule has 2 rings (SSSR count). The van der Waals surface area contributed by atoms with Crippen molar-refractivity contribution in [1.82, 2.24) is 4.90 Å². The Labute approximate surface area is 144 Å². The van der Waals surface area contributed by atoms with E-state index in [1.807, 2.05) is 30.3 Å². The number of rotatable bonds is 5. The van der Waals surface area contributed by atoms with Gasteiger partial charge in [0.1, 0.15) is 0 Å². The SMILES string of the molecule is CCc1ccc(C(=O)N(C)CC(=O)Nc2ccccc2Br)cc1. The number of likely N-dealkylation sites (N-methyl/N-ethyl adjacent to an activating group) is 1. The van der Waals surface area contributed by atoms with Gasteiger partial charge in [-0.2, -0.15) is 0 Å². The molecule has 0 spiro atoms. The van der Waals surface area contributed by atoms with Crippen molar-refractivity contribution in [2.24, 2.45) is 0 Å². The van der Waals surface area contributed by atoms with Gasteiger partial charge in [0, 0.05) is 17.1 Å². The van der Waals surface area contributed by atoms with Gasteiger partial charge >= 0.3 is 0 Å². The standard InChI is InChI=1S/C18H19BrN2O2/c1-3-13-8-10-14(11-9-13)18(23)21(2)12-17(22)20-16-7-5-4-6-15(16)19/h4-11H,3,12H2,1-2H3,(H,20,22). The normalized spacial score (nSPS) is 10.2. The van der Waals surface area contributed by atoms with Crippen LogP contribution in [0.5, 0.6) is 0 Å². The lowest BCUT2D eigenvalue weighted by Crippen LogP contribution is -2.35. The fourth-order valence-electron chi connectivity index (χ4n) is 2.14. The number of hydrogen-bond acceptors (Lipinski definition) is 2. The first-order chi connectivity index (χ1) is 11.0. The van der Waals surface area contributed by atoms with Gasteiger partial charge < -0.3 is 10.2 Å². The predicted octanol–water partition coefficient (Wildman–Crippen LogP) is 3.72. The summed E-state index contributed by atoms with van der Waals surface area (Å²) in [6.07, 6.45) is 0.929. The second kappa shape index (κ2) is 7.92. The molecular formula is C18H19BrN2O2. The minimum Gasteiger partial charge on any atom is -0.332 e. The Morgan fingerprint density at radius 3 is 2.35 bits per heavy atom. The Balaban J connectivity index is 1.97. The Hall–Kier alpha value is -2.14. The van der Waals surface area contributed by atoms with E-state index in [4.69, 9.17) is 0 Å². The number of aryl methyl sites for hydroxylation is 1. The summed E-state index contributed by atoms with van der Waals surface area (Å²) in [4.78, 5) is 25.8. The third-order valence-electron chi connectivity index (χ3n) is 3.48. The van der Waals surface area contributed by atoms with Crippen LogP contribution >= 0.6 is 15.9 Å². The number of carbonyl (C=O) groups excluding carboxylic acids is 2. The molecule has 120 valence electrons. The van der Waals surface area contributed by atoms with Crippen molar-refractivity contribution in [3.63, 3.8) is 0 Å². The van der Waals surface area contributed by atoms with Crippen LogP contribution in [-0.2, 0) is 11.2 Å². The molecule has 0 saturated carbocycles. The van der Waals surface area contributed by atoms with Crippen LogP contribution < -0.4 is 5.32 Å². The molecule has 4 nitrogen and oxygen atoms in total. The summed E-state index contributed by atoms with van der Waals surface area (Å²) in [5.74, 6) is -0.409. The highest BCUT2D eigenvalue weighted by Crippen LogP contribution is 2.21. The van der Waals surface area contributed by atoms with Crippen LogP contribution in [0.4, 0.5) is 5.69 Å². The molecule has 0 aliphatic rings. The topological polar surface area (TPSA) is 49.4 Å². The first-order valence-corrected chi connectivity index (χ1v) is 8.19. The van der Waals surface area contributed by atoms with Gasteiger partial charge in [-0.3, -0.25) is 9.59 Å². The number of amides is 2. The molecule has 23 heavy (non-hydrogen) atoms. The second-order valence-electron chi connectivity index (χ2n) is 5.24. The lowest BCUT2D eigenvalue weighted by molar-refractivity contribution is -0.116. The van der Waals surface area contributed by atoms with E-state index in [0.29, 0.717) is 11.3 Å². The van der Waals surface area contributed by atoms with Gasteiger partial charge in [0.05, 0.1) is 12.2 Å². The minimum atomic E-state index is -0.238. The summed E-state index contributed by atoms with van der Waals surface area (Å²) < 4.78 is 0.803. The van der Waals surface area contributed by atoms with Gasteiger partial charge in [-0.25, -0.2) is 0 Å². The molecule has 0 fully saturated rings. The van der Waals surface area contributed by atoms with Crippen LogP contribution in [0.25, 0.3) is 0 Å². The lowest BCUT2D eigenvalue weighted by atomic mass is 10.1. The molecule has 1 N–H and O–H groups in total. The summed E-state index contributed by atoms with van der Waals surface area (Å²) in [5.41, 5.74) is 2.44. The highest BCUT2D eigenvalue weighted by Gasteiger charge is 2.15. The van der Waals surface area contributed by atoms with Gasteiger partial charge in [0.15, 0.2) is 0 Å². The van der Waals surface area contributed by atoms with Crippen LogP contribution in [0.2, 0.25) is 0 Å². The van der Waals surface area contributed by atoms with Gasteiger partial charge in [0.25, 0.3) is 5.91 Å². The average molecular weight is 375 g/mol. The molecule has 0 atom stereocenters. The van der Waals surface area contributed by atoms with Crippen molar-refractivity contribution >= 4 is 33.4 Å². The number of anilines is 1. The molecule has 0 saturated heterocycles. The highest BCUT2D eigenvalue weighted by molar-refractivity contribution is 9.10. The van der Waals surface area contributed by atoms with E-state index in [1.165, 1.54) is 10.5 Å². The molecule has 2 aromatic carbocycles. The summed E-state index contributed by atoms with van der Waals surface area (Å²) in [6.45, 7) is 2.06. The molecule has 5 heteroatoms. The maximum absolute atomic E-state index is 12.3. The summed E-state index contributed by atoms with van der Waals surface area (Å²) in [5, 5.41) is 2.79. The zero-order chi connectivity index (χ0) is 16.8. The quantitative estimate of drug-likeness (QED) is 0.866. The first-order valence-electron chi connectivity index (χ1n) is 7.40. The van der Waals surface area contributed by atoms with Gasteiger partial charge in [-0.05, 0) is 52.2 Å². The van der Waals surface area contributed by atoms with Gasteiger partial charge in [0.2, 0.25) is 5.91 Å². The molecule has 0 bridgehead atoms. The van der Waals surface area contributed by atoms with Crippen molar-refractivity contribution < 1.29 is 9.59 Å². The number of hydrogen-bond donors (Lipinski definition) is 1. The molecule has 0 aliphatic heterocycles. The number of nitrogens with one attached hydrogen (secondary N) is 1. The second-order valence-corrected chi connectivity index (χ2v) is 6.09. The third-order valence-corrected chi connectivity index (χ3v) is 4.18. The van der Waals surface area contributed by atoms with E-state index in [9.17, 15) is 9.59 Å². The number of carbonyl (C=O) groups is 2. The number of para-hydroxylation sites is 1. The number of halogens is 1. The van der Waals surface area contributed by atoms with Crippen molar-refractivity contribution in [1.29, 1.82) is 0 Å². The Bertz CT molecular complexity index is 698. The van der Waals surface area contributed by atoms with E-state index in [1.54, 1.807) is 25.2 Å². The van der Waals surface area contributed by atoms with E-state index < -0.39 is 0 Å². The fourth-order valence-corrected chi connectivity index (χ4v) is 2.53. The van der Waals surface area contributed by atoms with Crippen molar-refractivity contribution in [2.75, 3.05) is 18.9 Å². The van der Waals surface area contributed by atoms with Crippen molar-refractivity contribution in [3.8, 4) is 0 Å². The number of nitrogens with zero attached hydrogens (tertiary/aromatic N) is 1. The predicted molar refractivity (Wildman–Crippen MR) is 95.6 cm³/mol. The summed E-state index contributed by atoms with van der Waals surface area (Å²) in [6, 6.07) is 14.8. The molecule has 0 aromatic heterocycles. The largest absolute Gasteiger partial charge is 0.332 e. The van der Waals surface area contributed by atoms with E-state index >= 15 is 0 Å². The Kier molecular flexibility index (Phi) is 5.93. The van der Waals surface area contributed by atoms with Crippen LogP contribution in [-0.4, -0.2) is 30.3 Å². The molecule has 2 aromatic rings. The fraction of sp³-hybridized carbons (Fsp3) is 0.222. The first kappa shape index (κ1) is 17.2. The van der Waals surface area contributed by atoms with E-state index in [2.05, 4.69) is 28.2 Å². The van der Waals surface area contributed by atoms with E-state index in [0.717, 1.165) is 10.9 Å². The van der Waals surface area contributed by atoms with Crippen molar-refractivity contribution in [3.05, 3.63) is 64.1 Å². The molecule has 0 heterocycles. The Morgan fingerprint density at radius 1 is 1.09 bits per heavy atom. The smallest absolute Gasteiger partial charge is 0.254 e. The van der Waals surface area contributed by atoms with Crippen LogP contribution in [0, 0.1) is 0 Å². The molecule has 0 unspecified atom stereocenters. The molecule has 0 radical (unpaired) electrons. The zero-order valence-corrected chi connectivity index (χ0v) is 14.8. The maximum Gasteiger partial charge on any atom is 0.254 e. The van der Waals surface area contributed by atoms with E-state index in [-0.39, 0.29) is 18.4 Å². The third kappa shape index (κ3) is 4.66. The van der Waals surface area contributed by atoms with Crippen LogP contribution in [0.1, 0.15) is 22.8 Å². The number of benzene rings is 2. The highest BCUT2D eigenvalue weighted by atomic mass is 79.9. The van der Waals surface area contributed by atoms with Gasteiger partial charge in [-0.1, -0.05) is 31.2 Å². The summed E-state index contributed by atoms with van der Waals surface area (Å²) >= 11 is 3.37. The monoisotopic (exact) mass is 374 g/mol. The van der Waals surface area contributed by atoms with Crippen molar-refractivity contribution in [2.45, 2.75) is 13.3 Å². The zero-order valence-electron chi connectivity index (χ0n) is 13.2. The molecular weight excluding hydrogens is 356 g/mol. The van der Waals surface area contributed by atoms with Crippen LogP contribution in [0.15, 0.2) is 53.0 Å². The van der Waals surface area contributed by atoms with Crippen LogP contribution in [0.3, 0.4) is 0 Å². The minimum absolute atomic E-state index is 0.00427. The average Bonchev–Trinajstić information content (AvgIpc) is 2.56. The lowest BCUT2D eigenvalue weighted by Gasteiger charge is -2.17. The van der Waals surface area contributed by atoms with Gasteiger partial charge in [-0.15, -0.1) is 0 Å². The maximum atomic E-state index is 12.3. The summed E-state index contributed by atoms with van der Waals surface area (Å²) in [7, 11) is 1.62. The Morgan fingerprint density at radius 2 is 1.74 bits per heavy atom. The molecule has 0 aliphatic carbocycles. The molecule has 2 amide bonds.